The highest BCUT2D eigenvalue weighted by molar-refractivity contribution is 5.95. The van der Waals surface area contributed by atoms with Crippen molar-refractivity contribution in [2.24, 2.45) is 0 Å². The summed E-state index contributed by atoms with van der Waals surface area (Å²) in [6.07, 6.45) is 0. The maximum absolute atomic E-state index is 12.4. The van der Waals surface area contributed by atoms with Crippen LogP contribution in [0, 0.1) is 0 Å². The van der Waals surface area contributed by atoms with Crippen LogP contribution in [0.3, 0.4) is 0 Å². The van der Waals surface area contributed by atoms with Crippen LogP contribution < -0.4 is 14.8 Å². The fourth-order valence-electron chi connectivity index (χ4n) is 2.38. The summed E-state index contributed by atoms with van der Waals surface area (Å²) >= 11 is 0. The summed E-state index contributed by atoms with van der Waals surface area (Å²) in [6.45, 7) is 3.12. The zero-order chi connectivity index (χ0) is 19.2. The molecule has 0 aliphatic carbocycles. The van der Waals surface area contributed by atoms with E-state index in [0.29, 0.717) is 17.2 Å². The molecule has 0 unspecified atom stereocenters. The van der Waals surface area contributed by atoms with E-state index in [1.807, 2.05) is 30.3 Å². The predicted octanol–water partition coefficient (Wildman–Crippen LogP) is 3.16. The molecule has 1 N–H and O–H groups in total. The maximum Gasteiger partial charge on any atom is 0.316 e. The molecule has 0 aliphatic heterocycles. The number of carbonyl (C=O) groups is 2. The minimum atomic E-state index is -0.852. The Bertz CT molecular complexity index is 771. The Hall–Kier alpha value is -3.02. The Morgan fingerprint density at radius 1 is 1.00 bits per heavy atom. The Morgan fingerprint density at radius 2 is 1.69 bits per heavy atom. The first-order valence-corrected chi connectivity index (χ1v) is 8.13. The van der Waals surface area contributed by atoms with Crippen LogP contribution in [0.5, 0.6) is 11.5 Å². The molecule has 6 nitrogen and oxygen atoms in total. The zero-order valence-corrected chi connectivity index (χ0v) is 15.4. The third kappa shape index (κ3) is 4.53. The van der Waals surface area contributed by atoms with Gasteiger partial charge in [-0.2, -0.15) is 0 Å². The highest BCUT2D eigenvalue weighted by atomic mass is 16.5. The van der Waals surface area contributed by atoms with Crippen LogP contribution in [0.2, 0.25) is 0 Å². The summed E-state index contributed by atoms with van der Waals surface area (Å²) in [4.78, 5) is 24.6. The second-order valence-corrected chi connectivity index (χ2v) is 6.18. The molecule has 6 heteroatoms. The fraction of sp³-hybridized carbons (Fsp3) is 0.300. The highest BCUT2D eigenvalue weighted by Crippen LogP contribution is 2.29. The van der Waals surface area contributed by atoms with E-state index in [1.54, 1.807) is 32.0 Å². The van der Waals surface area contributed by atoms with Crippen molar-refractivity contribution in [2.45, 2.75) is 19.3 Å². The van der Waals surface area contributed by atoms with Gasteiger partial charge in [0.15, 0.2) is 6.61 Å². The lowest BCUT2D eigenvalue weighted by Gasteiger charge is -2.23. The smallest absolute Gasteiger partial charge is 0.316 e. The minimum absolute atomic E-state index is 0.393. The molecule has 2 aromatic carbocycles. The quantitative estimate of drug-likeness (QED) is 0.771. The van der Waals surface area contributed by atoms with Gasteiger partial charge in [-0.25, -0.2) is 0 Å². The van der Waals surface area contributed by atoms with Crippen LogP contribution >= 0.6 is 0 Å². The molecule has 0 saturated heterocycles. The Morgan fingerprint density at radius 3 is 2.31 bits per heavy atom. The lowest BCUT2D eigenvalue weighted by atomic mass is 9.85. The van der Waals surface area contributed by atoms with E-state index >= 15 is 0 Å². The van der Waals surface area contributed by atoms with Crippen molar-refractivity contribution < 1.29 is 23.8 Å². The first-order chi connectivity index (χ1) is 12.4. The number of benzene rings is 2. The largest absolute Gasteiger partial charge is 0.497 e. The summed E-state index contributed by atoms with van der Waals surface area (Å²) in [5.74, 6) is 0.114. The summed E-state index contributed by atoms with van der Waals surface area (Å²) in [5.41, 5.74) is 0.407. The van der Waals surface area contributed by atoms with Gasteiger partial charge in [0, 0.05) is 6.07 Å². The standard InChI is InChI=1S/C20H23NO5/c1-20(2,14-8-6-5-7-9-14)19(23)26-13-18(22)21-16-12-15(24-3)10-11-17(16)25-4/h5-12H,13H2,1-4H3,(H,21,22). The molecule has 0 spiro atoms. The molecule has 0 radical (unpaired) electrons. The third-order valence-electron chi connectivity index (χ3n) is 4.02. The average Bonchev–Trinajstić information content (AvgIpc) is 2.66. The molecule has 1 amide bonds. The van der Waals surface area contributed by atoms with Gasteiger partial charge in [0.25, 0.3) is 5.91 Å². The topological polar surface area (TPSA) is 73.9 Å². The molecule has 0 fully saturated rings. The molecule has 26 heavy (non-hydrogen) atoms. The SMILES string of the molecule is COc1ccc(OC)c(NC(=O)COC(=O)C(C)(C)c2ccccc2)c1. The first-order valence-electron chi connectivity index (χ1n) is 8.13. The molecule has 0 saturated carbocycles. The van der Waals surface area contributed by atoms with E-state index in [1.165, 1.54) is 14.2 Å². The van der Waals surface area contributed by atoms with Gasteiger partial charge in [-0.05, 0) is 31.5 Å². The molecule has 138 valence electrons. The zero-order valence-electron chi connectivity index (χ0n) is 15.4. The van der Waals surface area contributed by atoms with E-state index in [0.717, 1.165) is 5.56 Å². The highest BCUT2D eigenvalue weighted by Gasteiger charge is 2.31. The molecule has 0 aromatic heterocycles. The van der Waals surface area contributed by atoms with Crippen molar-refractivity contribution in [1.82, 2.24) is 0 Å². The summed E-state index contributed by atoms with van der Waals surface area (Å²) in [5, 5.41) is 2.66. The molecule has 2 aromatic rings. The van der Waals surface area contributed by atoms with Crippen molar-refractivity contribution in [3.05, 3.63) is 54.1 Å². The van der Waals surface area contributed by atoms with Crippen LogP contribution in [0.1, 0.15) is 19.4 Å². The molecule has 2 rings (SSSR count). The Labute approximate surface area is 153 Å². The lowest BCUT2D eigenvalue weighted by Crippen LogP contribution is -2.33. The molecular weight excluding hydrogens is 334 g/mol. The lowest BCUT2D eigenvalue weighted by molar-refractivity contribution is -0.152. The van der Waals surface area contributed by atoms with Crippen LogP contribution in [0.4, 0.5) is 5.69 Å². The second kappa shape index (κ2) is 8.38. The van der Waals surface area contributed by atoms with Crippen molar-refractivity contribution >= 4 is 17.6 Å². The Kier molecular flexibility index (Phi) is 6.22. The van der Waals surface area contributed by atoms with Crippen molar-refractivity contribution in [3.8, 4) is 11.5 Å². The first kappa shape index (κ1) is 19.3. The Balaban J connectivity index is 2.00. The minimum Gasteiger partial charge on any atom is -0.497 e. The predicted molar refractivity (Wildman–Crippen MR) is 98.6 cm³/mol. The van der Waals surface area contributed by atoms with Crippen LogP contribution in [0.15, 0.2) is 48.5 Å². The third-order valence-corrected chi connectivity index (χ3v) is 4.02. The number of rotatable bonds is 7. The number of esters is 1. The average molecular weight is 357 g/mol. The van der Waals surface area contributed by atoms with Gasteiger partial charge in [-0.1, -0.05) is 30.3 Å². The van der Waals surface area contributed by atoms with Crippen LogP contribution in [-0.2, 0) is 19.7 Å². The number of nitrogens with one attached hydrogen (secondary N) is 1. The maximum atomic E-state index is 12.4. The van der Waals surface area contributed by atoms with E-state index < -0.39 is 23.9 Å². The van der Waals surface area contributed by atoms with Crippen molar-refractivity contribution in [3.63, 3.8) is 0 Å². The number of amides is 1. The molecule has 0 bridgehead atoms. The summed E-state index contributed by atoms with van der Waals surface area (Å²) < 4.78 is 15.5. The van der Waals surface area contributed by atoms with Gasteiger partial charge < -0.3 is 19.5 Å². The normalized spacial score (nSPS) is 10.8. The monoisotopic (exact) mass is 357 g/mol. The van der Waals surface area contributed by atoms with Gasteiger partial charge in [-0.15, -0.1) is 0 Å². The molecule has 0 aliphatic rings. The van der Waals surface area contributed by atoms with Gasteiger partial charge in [-0.3, -0.25) is 9.59 Å². The van der Waals surface area contributed by atoms with E-state index in [2.05, 4.69) is 5.32 Å². The number of anilines is 1. The number of hydrogen-bond acceptors (Lipinski definition) is 5. The summed E-state index contributed by atoms with van der Waals surface area (Å²) in [7, 11) is 3.03. The number of hydrogen-bond donors (Lipinski definition) is 1. The van der Waals surface area contributed by atoms with Gasteiger partial charge in [0.05, 0.1) is 25.3 Å². The van der Waals surface area contributed by atoms with Crippen molar-refractivity contribution in [2.75, 3.05) is 26.1 Å². The summed E-state index contributed by atoms with van der Waals surface area (Å²) in [6, 6.07) is 14.3. The molecular formula is C20H23NO5. The van der Waals surface area contributed by atoms with E-state index in [-0.39, 0.29) is 0 Å². The van der Waals surface area contributed by atoms with Crippen LogP contribution in [-0.4, -0.2) is 32.7 Å². The van der Waals surface area contributed by atoms with Gasteiger partial charge in [0.2, 0.25) is 0 Å². The second-order valence-electron chi connectivity index (χ2n) is 6.18. The van der Waals surface area contributed by atoms with Crippen LogP contribution in [0.25, 0.3) is 0 Å². The van der Waals surface area contributed by atoms with Gasteiger partial charge in [0.1, 0.15) is 11.5 Å². The number of methoxy groups -OCH3 is 2. The van der Waals surface area contributed by atoms with Crippen molar-refractivity contribution in [1.29, 1.82) is 0 Å². The molecule has 0 atom stereocenters. The number of ether oxygens (including phenoxy) is 3. The van der Waals surface area contributed by atoms with E-state index in [9.17, 15) is 9.59 Å². The van der Waals surface area contributed by atoms with Gasteiger partial charge >= 0.3 is 5.97 Å². The van der Waals surface area contributed by atoms with E-state index in [4.69, 9.17) is 14.2 Å². The number of carbonyl (C=O) groups excluding carboxylic acids is 2. The molecule has 0 heterocycles. The fourth-order valence-corrected chi connectivity index (χ4v) is 2.38.